The Kier molecular flexibility index (Phi) is 2.43. The number of nitrogens with zero attached hydrogens (tertiary/aromatic N) is 1. The number of rotatable bonds is 4. The molecule has 0 amide bonds. The van der Waals surface area contributed by atoms with E-state index in [0.717, 1.165) is 12.8 Å². The van der Waals surface area contributed by atoms with Crippen molar-refractivity contribution in [3.05, 3.63) is 11.4 Å². The zero-order chi connectivity index (χ0) is 11.1. The van der Waals surface area contributed by atoms with Crippen LogP contribution in [-0.4, -0.2) is 24.7 Å². The number of H-pyrrole nitrogens is 1. The van der Waals surface area contributed by atoms with Gasteiger partial charge in [0.15, 0.2) is 0 Å². The summed E-state index contributed by atoms with van der Waals surface area (Å²) in [4.78, 5) is 0. The fourth-order valence-electron chi connectivity index (χ4n) is 1.29. The normalized spacial score (nSPS) is 16.7. The van der Waals surface area contributed by atoms with E-state index in [0.29, 0.717) is 17.1 Å². The van der Waals surface area contributed by atoms with E-state index in [-0.39, 0.29) is 6.04 Å². The summed E-state index contributed by atoms with van der Waals surface area (Å²) < 4.78 is 28.2. The Morgan fingerprint density at radius 2 is 2.07 bits per heavy atom. The molecule has 1 aliphatic rings. The summed E-state index contributed by atoms with van der Waals surface area (Å²) in [5, 5.41) is 6.64. The minimum absolute atomic E-state index is 0.106. The summed E-state index contributed by atoms with van der Waals surface area (Å²) in [7, 11) is -3.45. The van der Waals surface area contributed by atoms with Crippen molar-refractivity contribution in [3.8, 4) is 0 Å². The van der Waals surface area contributed by atoms with E-state index in [1.807, 2.05) is 0 Å². The van der Waals surface area contributed by atoms with Crippen molar-refractivity contribution in [3.63, 3.8) is 0 Å². The van der Waals surface area contributed by atoms with Gasteiger partial charge in [0.05, 0.1) is 17.1 Å². The second-order valence-corrected chi connectivity index (χ2v) is 5.25. The van der Waals surface area contributed by atoms with Crippen molar-refractivity contribution in [2.75, 3.05) is 4.72 Å². The van der Waals surface area contributed by atoms with Gasteiger partial charge in [-0.05, 0) is 26.7 Å². The molecular weight excluding hydrogens is 216 g/mol. The van der Waals surface area contributed by atoms with Crippen LogP contribution in [0.4, 0.5) is 5.69 Å². The quantitative estimate of drug-likeness (QED) is 0.701. The van der Waals surface area contributed by atoms with Gasteiger partial charge in [0, 0.05) is 6.04 Å². The van der Waals surface area contributed by atoms with E-state index in [9.17, 15) is 8.42 Å². The van der Waals surface area contributed by atoms with Gasteiger partial charge in [-0.2, -0.15) is 18.2 Å². The maximum atomic E-state index is 11.6. The standard InChI is InChI=1S/C8H14N4O2S/c1-5-8(6(2)10-9-5)12-15(13,14)11-7-3-4-7/h7,11-12H,3-4H2,1-2H3,(H,9,10). The van der Waals surface area contributed by atoms with Crippen LogP contribution in [0, 0.1) is 13.8 Å². The van der Waals surface area contributed by atoms with Gasteiger partial charge in [-0.25, -0.2) is 0 Å². The number of hydrogen-bond acceptors (Lipinski definition) is 3. The second-order valence-electron chi connectivity index (χ2n) is 3.81. The van der Waals surface area contributed by atoms with Crippen LogP contribution in [0.3, 0.4) is 0 Å². The molecule has 15 heavy (non-hydrogen) atoms. The first-order valence-corrected chi connectivity index (χ1v) is 6.28. The van der Waals surface area contributed by atoms with Crippen LogP contribution in [0.1, 0.15) is 24.2 Å². The molecule has 2 rings (SSSR count). The predicted octanol–water partition coefficient (Wildman–Crippen LogP) is 0.435. The third kappa shape index (κ3) is 2.48. The number of aromatic nitrogens is 2. The van der Waals surface area contributed by atoms with Crippen LogP contribution in [0.2, 0.25) is 0 Å². The monoisotopic (exact) mass is 230 g/mol. The topological polar surface area (TPSA) is 86.9 Å². The van der Waals surface area contributed by atoms with Crippen LogP contribution in [0.5, 0.6) is 0 Å². The summed E-state index contributed by atoms with van der Waals surface area (Å²) in [6.45, 7) is 3.52. The van der Waals surface area contributed by atoms with E-state index >= 15 is 0 Å². The molecule has 0 spiro atoms. The zero-order valence-corrected chi connectivity index (χ0v) is 9.48. The van der Waals surface area contributed by atoms with Crippen molar-refractivity contribution in [2.24, 2.45) is 0 Å². The summed E-state index contributed by atoms with van der Waals surface area (Å²) in [5.41, 5.74) is 1.89. The third-order valence-corrected chi connectivity index (χ3v) is 3.38. The summed E-state index contributed by atoms with van der Waals surface area (Å²) in [6, 6.07) is 0.106. The number of aryl methyl sites for hydroxylation is 2. The molecular formula is C8H14N4O2S. The molecule has 0 aliphatic heterocycles. The largest absolute Gasteiger partial charge is 0.299 e. The highest BCUT2D eigenvalue weighted by atomic mass is 32.2. The van der Waals surface area contributed by atoms with Crippen LogP contribution in [-0.2, 0) is 10.2 Å². The average molecular weight is 230 g/mol. The van der Waals surface area contributed by atoms with Crippen molar-refractivity contribution >= 4 is 15.9 Å². The third-order valence-electron chi connectivity index (χ3n) is 2.26. The predicted molar refractivity (Wildman–Crippen MR) is 56.8 cm³/mol. The summed E-state index contributed by atoms with van der Waals surface area (Å²) in [6.07, 6.45) is 1.84. The van der Waals surface area contributed by atoms with Gasteiger partial charge in [0.1, 0.15) is 0 Å². The van der Waals surface area contributed by atoms with E-state index in [2.05, 4.69) is 19.6 Å². The van der Waals surface area contributed by atoms with Gasteiger partial charge in [0.2, 0.25) is 0 Å². The van der Waals surface area contributed by atoms with E-state index in [1.54, 1.807) is 13.8 Å². The fraction of sp³-hybridized carbons (Fsp3) is 0.625. The van der Waals surface area contributed by atoms with E-state index < -0.39 is 10.2 Å². The number of hydrogen-bond donors (Lipinski definition) is 3. The van der Waals surface area contributed by atoms with Gasteiger partial charge in [-0.15, -0.1) is 0 Å². The van der Waals surface area contributed by atoms with Crippen LogP contribution < -0.4 is 9.44 Å². The van der Waals surface area contributed by atoms with Crippen LogP contribution in [0.25, 0.3) is 0 Å². The lowest BCUT2D eigenvalue weighted by Gasteiger charge is -2.08. The first-order chi connectivity index (χ1) is 6.98. The number of anilines is 1. The highest BCUT2D eigenvalue weighted by Crippen LogP contribution is 2.22. The molecule has 0 atom stereocenters. The van der Waals surface area contributed by atoms with Crippen molar-refractivity contribution in [2.45, 2.75) is 32.7 Å². The molecule has 3 N–H and O–H groups in total. The molecule has 6 nitrogen and oxygen atoms in total. The molecule has 1 heterocycles. The summed E-state index contributed by atoms with van der Waals surface area (Å²) in [5.74, 6) is 0. The lowest BCUT2D eigenvalue weighted by atomic mass is 10.3. The van der Waals surface area contributed by atoms with Crippen molar-refractivity contribution in [1.82, 2.24) is 14.9 Å². The molecule has 7 heteroatoms. The molecule has 1 saturated carbocycles. The van der Waals surface area contributed by atoms with Crippen LogP contribution >= 0.6 is 0 Å². The Morgan fingerprint density at radius 1 is 1.40 bits per heavy atom. The highest BCUT2D eigenvalue weighted by molar-refractivity contribution is 7.90. The molecule has 1 fully saturated rings. The minimum atomic E-state index is -3.45. The Bertz CT molecular complexity index is 441. The van der Waals surface area contributed by atoms with Gasteiger partial charge < -0.3 is 0 Å². The number of aromatic amines is 1. The molecule has 1 aliphatic carbocycles. The number of nitrogens with one attached hydrogen (secondary N) is 3. The zero-order valence-electron chi connectivity index (χ0n) is 8.66. The van der Waals surface area contributed by atoms with Crippen LogP contribution in [0.15, 0.2) is 0 Å². The maximum absolute atomic E-state index is 11.6. The summed E-state index contributed by atoms with van der Waals surface area (Å²) >= 11 is 0. The molecule has 0 unspecified atom stereocenters. The molecule has 1 aromatic rings. The molecule has 84 valence electrons. The highest BCUT2D eigenvalue weighted by Gasteiger charge is 2.27. The molecule has 0 bridgehead atoms. The van der Waals surface area contributed by atoms with Crippen molar-refractivity contribution < 1.29 is 8.42 Å². The molecule has 0 aromatic carbocycles. The average Bonchev–Trinajstić information content (AvgIpc) is 2.87. The Morgan fingerprint density at radius 3 is 2.53 bits per heavy atom. The SMILES string of the molecule is Cc1n[nH]c(C)c1NS(=O)(=O)NC1CC1. The Labute approximate surface area is 88.6 Å². The van der Waals surface area contributed by atoms with Crippen molar-refractivity contribution in [1.29, 1.82) is 0 Å². The molecule has 1 aromatic heterocycles. The first kappa shape index (κ1) is 10.4. The first-order valence-electron chi connectivity index (χ1n) is 4.79. The fourth-order valence-corrected chi connectivity index (χ4v) is 2.59. The molecule has 0 saturated heterocycles. The van der Waals surface area contributed by atoms with E-state index in [1.165, 1.54) is 0 Å². The van der Waals surface area contributed by atoms with Gasteiger partial charge in [-0.1, -0.05) is 0 Å². The second kappa shape index (κ2) is 3.49. The van der Waals surface area contributed by atoms with Gasteiger partial charge in [0.25, 0.3) is 10.2 Å². The Balaban J connectivity index is 2.13. The minimum Gasteiger partial charge on any atom is -0.280 e. The smallest absolute Gasteiger partial charge is 0.280 e. The van der Waals surface area contributed by atoms with Gasteiger partial charge >= 0.3 is 0 Å². The van der Waals surface area contributed by atoms with E-state index in [4.69, 9.17) is 0 Å². The Hall–Kier alpha value is -1.08. The van der Waals surface area contributed by atoms with Gasteiger partial charge in [-0.3, -0.25) is 9.82 Å². The lowest BCUT2D eigenvalue weighted by Crippen LogP contribution is -2.32. The molecule has 0 radical (unpaired) electrons. The lowest BCUT2D eigenvalue weighted by molar-refractivity contribution is 0.586. The maximum Gasteiger partial charge on any atom is 0.299 e.